The third-order valence-corrected chi connectivity index (χ3v) is 4.99. The first-order chi connectivity index (χ1) is 15.0. The van der Waals surface area contributed by atoms with E-state index >= 15 is 0 Å². The number of guanidine groups is 1. The van der Waals surface area contributed by atoms with Crippen LogP contribution in [0.4, 0.5) is 0 Å². The molecule has 4 rings (SSSR count). The quantitative estimate of drug-likeness (QED) is 0.272. The third kappa shape index (κ3) is 5.96. The number of halogens is 1. The summed E-state index contributed by atoms with van der Waals surface area (Å²) in [7, 11) is 0. The molecular formula is C23H29IN6O2. The molecule has 1 unspecified atom stereocenters. The predicted octanol–water partition coefficient (Wildman–Crippen LogP) is 4.15. The molecule has 0 bridgehead atoms. The van der Waals surface area contributed by atoms with Crippen molar-refractivity contribution in [2.24, 2.45) is 4.99 Å². The summed E-state index contributed by atoms with van der Waals surface area (Å²) in [5.41, 5.74) is 1.56. The third-order valence-electron chi connectivity index (χ3n) is 4.99. The lowest BCUT2D eigenvalue weighted by Gasteiger charge is -2.38. The lowest BCUT2D eigenvalue weighted by atomic mass is 9.90. The van der Waals surface area contributed by atoms with E-state index in [4.69, 9.17) is 14.3 Å². The number of hydrogen-bond acceptors (Lipinski definition) is 6. The van der Waals surface area contributed by atoms with E-state index in [-0.39, 0.29) is 35.6 Å². The minimum atomic E-state index is -0.254. The second-order valence-corrected chi connectivity index (χ2v) is 8.04. The van der Waals surface area contributed by atoms with Crippen LogP contribution < -0.4 is 15.4 Å². The van der Waals surface area contributed by atoms with E-state index in [1.54, 1.807) is 6.20 Å². The van der Waals surface area contributed by atoms with Gasteiger partial charge in [0.1, 0.15) is 17.0 Å². The van der Waals surface area contributed by atoms with Gasteiger partial charge in [0.2, 0.25) is 0 Å². The molecule has 1 aromatic carbocycles. The molecule has 0 saturated heterocycles. The molecule has 8 nitrogen and oxygen atoms in total. The highest BCUT2D eigenvalue weighted by atomic mass is 127. The van der Waals surface area contributed by atoms with E-state index in [0.717, 1.165) is 30.2 Å². The molecule has 2 aromatic heterocycles. The van der Waals surface area contributed by atoms with Gasteiger partial charge in [0, 0.05) is 37.7 Å². The molecule has 0 spiro atoms. The number of pyridine rings is 1. The molecule has 9 heteroatoms. The molecular weight excluding hydrogens is 519 g/mol. The van der Waals surface area contributed by atoms with E-state index in [1.165, 1.54) is 0 Å². The van der Waals surface area contributed by atoms with Gasteiger partial charge in [-0.2, -0.15) is 4.98 Å². The van der Waals surface area contributed by atoms with Crippen LogP contribution in [0.2, 0.25) is 0 Å². The lowest BCUT2D eigenvalue weighted by Crippen LogP contribution is -2.45. The smallest absolute Gasteiger partial charge is 0.276 e. The van der Waals surface area contributed by atoms with Gasteiger partial charge in [0.25, 0.3) is 5.89 Å². The highest BCUT2D eigenvalue weighted by Crippen LogP contribution is 2.39. The van der Waals surface area contributed by atoms with Crippen LogP contribution in [0.5, 0.6) is 5.75 Å². The van der Waals surface area contributed by atoms with Crippen molar-refractivity contribution in [3.63, 3.8) is 0 Å². The molecule has 3 aromatic rings. The topological polar surface area (TPSA) is 97.5 Å². The Hall–Kier alpha value is -2.69. The Bertz CT molecular complexity index is 1040. The second kappa shape index (κ2) is 10.8. The highest BCUT2D eigenvalue weighted by Gasteiger charge is 2.33. The van der Waals surface area contributed by atoms with Crippen LogP contribution in [-0.4, -0.2) is 39.8 Å². The zero-order valence-electron chi connectivity index (χ0n) is 18.5. The molecule has 2 N–H and O–H groups in total. The number of nitrogens with zero attached hydrogens (tertiary/aromatic N) is 4. The molecule has 0 radical (unpaired) electrons. The molecule has 0 amide bonds. The zero-order chi connectivity index (χ0) is 21.7. The number of aromatic nitrogens is 3. The van der Waals surface area contributed by atoms with E-state index in [0.29, 0.717) is 30.4 Å². The Labute approximate surface area is 205 Å². The van der Waals surface area contributed by atoms with Crippen LogP contribution in [0.3, 0.4) is 0 Å². The van der Waals surface area contributed by atoms with Gasteiger partial charge in [-0.05, 0) is 39.0 Å². The maximum absolute atomic E-state index is 6.14. The normalized spacial score (nSPS) is 17.0. The largest absolute Gasteiger partial charge is 0.487 e. The Kier molecular flexibility index (Phi) is 8.05. The van der Waals surface area contributed by atoms with E-state index in [2.05, 4.69) is 52.6 Å². The molecule has 170 valence electrons. The summed E-state index contributed by atoms with van der Waals surface area (Å²) < 4.78 is 11.5. The zero-order valence-corrected chi connectivity index (χ0v) is 20.9. The number of benzene rings is 1. The van der Waals surface area contributed by atoms with Crippen LogP contribution in [-0.2, 0) is 6.42 Å². The fourth-order valence-electron chi connectivity index (χ4n) is 3.63. The van der Waals surface area contributed by atoms with Crippen LogP contribution in [0.25, 0.3) is 11.6 Å². The fraction of sp³-hybridized carbons (Fsp3) is 0.391. The molecule has 1 aliphatic heterocycles. The van der Waals surface area contributed by atoms with Crippen LogP contribution in [0.1, 0.15) is 44.6 Å². The average molecular weight is 548 g/mol. The molecule has 0 saturated carbocycles. The standard InChI is InChI=1S/C23H28N6O2.HI/c1-4-24-22(27-18-15-23(2,3)30-19-11-6-5-9-16(18)19)26-14-12-20-28-21(31-29-20)17-10-7-8-13-25-17;/h5-11,13,18H,4,12,14-15H2,1-3H3,(H2,24,26,27);1H. The number of nitrogens with one attached hydrogen (secondary N) is 2. The lowest BCUT2D eigenvalue weighted by molar-refractivity contribution is 0.0694. The van der Waals surface area contributed by atoms with Gasteiger partial charge in [-0.15, -0.1) is 24.0 Å². The molecule has 0 aliphatic carbocycles. The van der Waals surface area contributed by atoms with Crippen molar-refractivity contribution in [2.75, 3.05) is 13.1 Å². The number of fused-ring (bicyclic) bond motifs is 1. The Balaban J connectivity index is 0.00000289. The summed E-state index contributed by atoms with van der Waals surface area (Å²) >= 11 is 0. The molecule has 1 atom stereocenters. The van der Waals surface area contributed by atoms with Gasteiger partial charge in [-0.25, -0.2) is 0 Å². The van der Waals surface area contributed by atoms with Crippen molar-refractivity contribution in [2.45, 2.75) is 45.3 Å². The number of aliphatic imine (C=N–C) groups is 1. The van der Waals surface area contributed by atoms with Crippen molar-refractivity contribution in [3.05, 3.63) is 60.0 Å². The van der Waals surface area contributed by atoms with E-state index < -0.39 is 0 Å². The van der Waals surface area contributed by atoms with Crippen molar-refractivity contribution < 1.29 is 9.26 Å². The van der Waals surface area contributed by atoms with Crippen molar-refractivity contribution in [1.29, 1.82) is 0 Å². The van der Waals surface area contributed by atoms with Crippen LogP contribution in [0, 0.1) is 0 Å². The van der Waals surface area contributed by atoms with Gasteiger partial charge in [0.15, 0.2) is 11.8 Å². The van der Waals surface area contributed by atoms with Crippen molar-refractivity contribution >= 4 is 29.9 Å². The molecule has 1 aliphatic rings. The number of hydrogen-bond donors (Lipinski definition) is 2. The van der Waals surface area contributed by atoms with Crippen molar-refractivity contribution in [1.82, 2.24) is 25.8 Å². The number of para-hydroxylation sites is 1. The first kappa shape index (κ1) is 24.0. The van der Waals surface area contributed by atoms with Gasteiger partial charge in [-0.3, -0.25) is 9.98 Å². The van der Waals surface area contributed by atoms with Gasteiger partial charge >= 0.3 is 0 Å². The maximum Gasteiger partial charge on any atom is 0.276 e. The minimum absolute atomic E-state index is 0. The van der Waals surface area contributed by atoms with Gasteiger partial charge in [0.05, 0.1) is 6.04 Å². The fourth-order valence-corrected chi connectivity index (χ4v) is 3.63. The monoisotopic (exact) mass is 548 g/mol. The second-order valence-electron chi connectivity index (χ2n) is 8.04. The van der Waals surface area contributed by atoms with Gasteiger partial charge < -0.3 is 19.9 Å². The summed E-state index contributed by atoms with van der Waals surface area (Å²) in [5, 5.41) is 10.9. The summed E-state index contributed by atoms with van der Waals surface area (Å²) in [6.45, 7) is 7.57. The highest BCUT2D eigenvalue weighted by molar-refractivity contribution is 14.0. The maximum atomic E-state index is 6.14. The summed E-state index contributed by atoms with van der Waals surface area (Å²) in [6, 6.07) is 13.8. The van der Waals surface area contributed by atoms with Crippen LogP contribution in [0.15, 0.2) is 58.2 Å². The first-order valence-corrected chi connectivity index (χ1v) is 10.6. The molecule has 0 fully saturated rings. The number of ether oxygens (including phenoxy) is 1. The first-order valence-electron chi connectivity index (χ1n) is 10.6. The predicted molar refractivity (Wildman–Crippen MR) is 134 cm³/mol. The summed E-state index contributed by atoms with van der Waals surface area (Å²) in [6.07, 6.45) is 3.11. The Morgan fingerprint density at radius 1 is 1.19 bits per heavy atom. The van der Waals surface area contributed by atoms with Crippen LogP contribution >= 0.6 is 24.0 Å². The summed E-state index contributed by atoms with van der Waals surface area (Å²) in [5.74, 6) is 2.71. The Morgan fingerprint density at radius 2 is 2.00 bits per heavy atom. The van der Waals surface area contributed by atoms with E-state index in [9.17, 15) is 0 Å². The number of rotatable bonds is 6. The van der Waals surface area contributed by atoms with E-state index in [1.807, 2.05) is 36.4 Å². The Morgan fingerprint density at radius 3 is 2.78 bits per heavy atom. The molecule has 3 heterocycles. The average Bonchev–Trinajstić information content (AvgIpc) is 3.23. The summed E-state index contributed by atoms with van der Waals surface area (Å²) in [4.78, 5) is 13.4. The van der Waals surface area contributed by atoms with Crippen molar-refractivity contribution in [3.8, 4) is 17.3 Å². The molecule has 32 heavy (non-hydrogen) atoms. The SMILES string of the molecule is CCNC(=NCCc1noc(-c2ccccn2)n1)NC1CC(C)(C)Oc2ccccc21.I. The minimum Gasteiger partial charge on any atom is -0.487 e. The van der Waals surface area contributed by atoms with Gasteiger partial charge in [-0.1, -0.05) is 29.4 Å².